The lowest BCUT2D eigenvalue weighted by Gasteiger charge is -2.13. The molecule has 0 radical (unpaired) electrons. The molecule has 0 unspecified atom stereocenters. The Bertz CT molecular complexity index is 1110. The lowest BCUT2D eigenvalue weighted by atomic mass is 10.0. The first-order valence-electron chi connectivity index (χ1n) is 9.29. The molecule has 0 spiro atoms. The van der Waals surface area contributed by atoms with Crippen molar-refractivity contribution in [1.29, 1.82) is 5.26 Å². The minimum Gasteiger partial charge on any atom is -0.487 e. The zero-order valence-corrected chi connectivity index (χ0v) is 17.4. The van der Waals surface area contributed by atoms with E-state index in [9.17, 15) is 10.1 Å². The van der Waals surface area contributed by atoms with Gasteiger partial charge in [-0.05, 0) is 73.0 Å². The Morgan fingerprint density at radius 1 is 1.17 bits per heavy atom. The van der Waals surface area contributed by atoms with Crippen LogP contribution in [0.1, 0.15) is 22.4 Å². The number of rotatable bonds is 6. The van der Waals surface area contributed by atoms with Gasteiger partial charge in [0.2, 0.25) is 0 Å². The SMILES string of the molecule is Cc1cc(/C=C(\C#N)C(=O)Nc2ccccc2Cl)cc(C)c1OCc1ccccn1. The molecule has 2 aromatic carbocycles. The largest absolute Gasteiger partial charge is 0.487 e. The van der Waals surface area contributed by atoms with E-state index < -0.39 is 5.91 Å². The van der Waals surface area contributed by atoms with E-state index in [1.54, 1.807) is 36.5 Å². The van der Waals surface area contributed by atoms with Crippen molar-refractivity contribution in [3.8, 4) is 11.8 Å². The Hall–Kier alpha value is -3.62. The first-order valence-corrected chi connectivity index (χ1v) is 9.67. The second kappa shape index (κ2) is 9.73. The third-order valence-corrected chi connectivity index (χ3v) is 4.70. The van der Waals surface area contributed by atoms with Gasteiger partial charge in [-0.1, -0.05) is 29.8 Å². The van der Waals surface area contributed by atoms with E-state index in [0.29, 0.717) is 17.3 Å². The van der Waals surface area contributed by atoms with Crippen LogP contribution in [0.5, 0.6) is 5.75 Å². The monoisotopic (exact) mass is 417 g/mol. The van der Waals surface area contributed by atoms with Gasteiger partial charge in [-0.25, -0.2) is 0 Å². The predicted octanol–water partition coefficient (Wildman–Crippen LogP) is 5.48. The molecule has 0 fully saturated rings. The van der Waals surface area contributed by atoms with Crippen LogP contribution in [0.25, 0.3) is 6.08 Å². The van der Waals surface area contributed by atoms with Crippen LogP contribution in [-0.2, 0) is 11.4 Å². The van der Waals surface area contributed by atoms with Crippen LogP contribution in [-0.4, -0.2) is 10.9 Å². The first-order chi connectivity index (χ1) is 14.5. The van der Waals surface area contributed by atoms with Crippen molar-refractivity contribution < 1.29 is 9.53 Å². The number of hydrogen-bond acceptors (Lipinski definition) is 4. The number of nitrogens with zero attached hydrogens (tertiary/aromatic N) is 2. The van der Waals surface area contributed by atoms with Gasteiger partial charge in [0, 0.05) is 6.20 Å². The van der Waals surface area contributed by atoms with Crippen LogP contribution in [0, 0.1) is 25.2 Å². The van der Waals surface area contributed by atoms with E-state index in [0.717, 1.165) is 28.1 Å². The summed E-state index contributed by atoms with van der Waals surface area (Å²) in [6.07, 6.45) is 3.28. The number of hydrogen-bond donors (Lipinski definition) is 1. The fourth-order valence-corrected chi connectivity index (χ4v) is 3.17. The molecule has 3 rings (SSSR count). The van der Waals surface area contributed by atoms with E-state index in [2.05, 4.69) is 10.3 Å². The Labute approximate surface area is 180 Å². The van der Waals surface area contributed by atoms with Crippen LogP contribution in [0.4, 0.5) is 5.69 Å². The average Bonchev–Trinajstić information content (AvgIpc) is 2.73. The Balaban J connectivity index is 1.79. The molecule has 5 nitrogen and oxygen atoms in total. The summed E-state index contributed by atoms with van der Waals surface area (Å²) in [6.45, 7) is 4.21. The third-order valence-electron chi connectivity index (χ3n) is 4.37. The fraction of sp³-hybridized carbons (Fsp3) is 0.125. The number of amides is 1. The number of nitriles is 1. The van der Waals surface area contributed by atoms with Crippen molar-refractivity contribution in [2.75, 3.05) is 5.32 Å². The van der Waals surface area contributed by atoms with Gasteiger partial charge in [-0.2, -0.15) is 5.26 Å². The fourth-order valence-electron chi connectivity index (χ4n) is 2.99. The molecule has 0 saturated carbocycles. The van der Waals surface area contributed by atoms with Crippen molar-refractivity contribution in [2.45, 2.75) is 20.5 Å². The van der Waals surface area contributed by atoms with Crippen molar-refractivity contribution >= 4 is 29.3 Å². The Morgan fingerprint density at radius 3 is 2.50 bits per heavy atom. The van der Waals surface area contributed by atoms with Gasteiger partial charge < -0.3 is 10.1 Å². The second-order valence-corrected chi connectivity index (χ2v) is 7.10. The van der Waals surface area contributed by atoms with Crippen LogP contribution in [0.2, 0.25) is 5.02 Å². The highest BCUT2D eigenvalue weighted by molar-refractivity contribution is 6.34. The molecular weight excluding hydrogens is 398 g/mol. The van der Waals surface area contributed by atoms with Gasteiger partial charge in [0.1, 0.15) is 24.0 Å². The van der Waals surface area contributed by atoms with Gasteiger partial charge in [0.05, 0.1) is 16.4 Å². The standard InChI is InChI=1S/C24H20ClN3O2/c1-16-11-18(12-17(2)23(16)30-15-20-7-5-6-10-27-20)13-19(14-26)24(29)28-22-9-4-3-8-21(22)25/h3-13H,15H2,1-2H3,(H,28,29)/b19-13+. The molecule has 0 atom stereocenters. The number of anilines is 1. The lowest BCUT2D eigenvalue weighted by molar-refractivity contribution is -0.112. The number of carbonyl (C=O) groups excluding carboxylic acids is 1. The van der Waals surface area contributed by atoms with Gasteiger partial charge in [-0.3, -0.25) is 9.78 Å². The molecule has 3 aromatic rings. The van der Waals surface area contributed by atoms with E-state index >= 15 is 0 Å². The maximum atomic E-state index is 12.5. The van der Waals surface area contributed by atoms with Crippen molar-refractivity contribution in [3.63, 3.8) is 0 Å². The van der Waals surface area contributed by atoms with Gasteiger partial charge in [0.15, 0.2) is 0 Å². The molecule has 1 aromatic heterocycles. The molecular formula is C24H20ClN3O2. The summed E-state index contributed by atoms with van der Waals surface area (Å²) in [5, 5.41) is 12.5. The minimum atomic E-state index is -0.517. The molecule has 1 heterocycles. The Kier molecular flexibility index (Phi) is 6.84. The maximum absolute atomic E-state index is 12.5. The summed E-state index contributed by atoms with van der Waals surface area (Å²) in [6, 6.07) is 18.3. The quantitative estimate of drug-likeness (QED) is 0.426. The van der Waals surface area contributed by atoms with Crippen LogP contribution < -0.4 is 10.1 Å². The van der Waals surface area contributed by atoms with Gasteiger partial charge in [0.25, 0.3) is 5.91 Å². The first kappa shape index (κ1) is 21.1. The number of nitrogens with one attached hydrogen (secondary N) is 1. The number of halogens is 1. The van der Waals surface area contributed by atoms with Gasteiger partial charge in [-0.15, -0.1) is 0 Å². The highest BCUT2D eigenvalue weighted by Gasteiger charge is 2.13. The summed E-state index contributed by atoms with van der Waals surface area (Å²) in [4.78, 5) is 16.8. The zero-order chi connectivity index (χ0) is 21.5. The number of carbonyl (C=O) groups is 1. The maximum Gasteiger partial charge on any atom is 0.266 e. The molecule has 6 heteroatoms. The van der Waals surface area contributed by atoms with Crippen molar-refractivity contribution in [1.82, 2.24) is 4.98 Å². The highest BCUT2D eigenvalue weighted by Crippen LogP contribution is 2.27. The van der Waals surface area contributed by atoms with Crippen LogP contribution in [0.3, 0.4) is 0 Å². The van der Waals surface area contributed by atoms with Crippen molar-refractivity contribution in [3.05, 3.63) is 93.8 Å². The van der Waals surface area contributed by atoms with E-state index in [1.165, 1.54) is 0 Å². The minimum absolute atomic E-state index is 0.0177. The second-order valence-electron chi connectivity index (χ2n) is 6.70. The summed E-state index contributed by atoms with van der Waals surface area (Å²) in [7, 11) is 0. The topological polar surface area (TPSA) is 75.0 Å². The predicted molar refractivity (Wildman–Crippen MR) is 118 cm³/mol. The molecule has 30 heavy (non-hydrogen) atoms. The van der Waals surface area contributed by atoms with Crippen LogP contribution in [0.15, 0.2) is 66.4 Å². The molecule has 0 bridgehead atoms. The average molecular weight is 418 g/mol. The molecule has 1 amide bonds. The number of aryl methyl sites for hydroxylation is 2. The molecule has 0 aliphatic carbocycles. The summed E-state index contributed by atoms with van der Waals surface area (Å²) in [5.74, 6) is 0.244. The van der Waals surface area contributed by atoms with Crippen LogP contribution >= 0.6 is 11.6 Å². The van der Waals surface area contributed by atoms with Crippen molar-refractivity contribution in [2.24, 2.45) is 0 Å². The molecule has 0 aliphatic heterocycles. The summed E-state index contributed by atoms with van der Waals surface area (Å²) < 4.78 is 5.94. The Morgan fingerprint density at radius 2 is 1.87 bits per heavy atom. The number of aromatic nitrogens is 1. The molecule has 1 N–H and O–H groups in total. The molecule has 0 aliphatic rings. The van der Waals surface area contributed by atoms with E-state index in [1.807, 2.05) is 50.2 Å². The van der Waals surface area contributed by atoms with E-state index in [-0.39, 0.29) is 5.57 Å². The third kappa shape index (κ3) is 5.25. The smallest absolute Gasteiger partial charge is 0.266 e. The zero-order valence-electron chi connectivity index (χ0n) is 16.6. The molecule has 150 valence electrons. The van der Waals surface area contributed by atoms with Gasteiger partial charge >= 0.3 is 0 Å². The number of pyridine rings is 1. The highest BCUT2D eigenvalue weighted by atomic mass is 35.5. The number of ether oxygens (including phenoxy) is 1. The normalized spacial score (nSPS) is 10.9. The molecule has 0 saturated heterocycles. The summed E-state index contributed by atoms with van der Waals surface area (Å²) in [5.41, 5.74) is 3.82. The number of para-hydroxylation sites is 1. The summed E-state index contributed by atoms with van der Waals surface area (Å²) >= 11 is 6.07. The van der Waals surface area contributed by atoms with E-state index in [4.69, 9.17) is 16.3 Å². The lowest BCUT2D eigenvalue weighted by Crippen LogP contribution is -2.13. The number of benzene rings is 2.